The number of carbonyl (C=O) groups excluding carboxylic acids is 1. The molecule has 0 fully saturated rings. The number of alkyl halides is 3. The monoisotopic (exact) mass is 525 g/mol. The van der Waals surface area contributed by atoms with E-state index in [0.29, 0.717) is 22.3 Å². The molecule has 1 N–H and O–H groups in total. The minimum atomic E-state index is -4.91. The van der Waals surface area contributed by atoms with E-state index in [2.05, 4.69) is 20.0 Å². The maximum Gasteiger partial charge on any atom is 0.573 e. The van der Waals surface area contributed by atoms with Gasteiger partial charge in [-0.1, -0.05) is 17.7 Å². The number of nitrogens with zero attached hydrogens (tertiary/aromatic N) is 4. The number of carbonyl (C=O) groups is 1. The first kappa shape index (κ1) is 24.4. The van der Waals surface area contributed by atoms with Crippen LogP contribution in [0, 0.1) is 0 Å². The number of nitrogens with one attached hydrogen (secondary N) is 1. The van der Waals surface area contributed by atoms with E-state index in [1.165, 1.54) is 43.2 Å². The Morgan fingerprint density at radius 2 is 1.94 bits per heavy atom. The minimum absolute atomic E-state index is 0.187. The van der Waals surface area contributed by atoms with E-state index in [1.54, 1.807) is 5.38 Å². The number of ether oxygens (including phenoxy) is 1. The number of aryl methyl sites for hydroxylation is 1. The van der Waals surface area contributed by atoms with Crippen LogP contribution < -0.4 is 21.3 Å². The highest BCUT2D eigenvalue weighted by molar-refractivity contribution is 7.14. The number of halogens is 4. The van der Waals surface area contributed by atoms with Crippen molar-refractivity contribution < 1.29 is 22.7 Å². The van der Waals surface area contributed by atoms with E-state index in [-0.39, 0.29) is 22.0 Å². The Morgan fingerprint density at radius 1 is 1.20 bits per heavy atom. The van der Waals surface area contributed by atoms with E-state index in [1.807, 2.05) is 0 Å². The molecule has 4 aromatic rings. The van der Waals surface area contributed by atoms with Crippen molar-refractivity contribution in [2.45, 2.75) is 12.8 Å². The number of thiazole rings is 1. The molecule has 0 aliphatic heterocycles. The van der Waals surface area contributed by atoms with Crippen molar-refractivity contribution in [1.29, 1.82) is 0 Å². The lowest BCUT2D eigenvalue weighted by molar-refractivity contribution is -0.274. The molecule has 0 aliphatic carbocycles. The van der Waals surface area contributed by atoms with Crippen LogP contribution in [-0.2, 0) is 25.3 Å². The summed E-state index contributed by atoms with van der Waals surface area (Å²) < 4.78 is 43.9. The van der Waals surface area contributed by atoms with Crippen LogP contribution in [0.5, 0.6) is 5.75 Å². The van der Waals surface area contributed by atoms with Crippen LogP contribution in [0.15, 0.2) is 45.6 Å². The molecule has 0 unspecified atom stereocenters. The number of benzene rings is 1. The van der Waals surface area contributed by atoms with Gasteiger partial charge in [0.05, 0.1) is 34.2 Å². The van der Waals surface area contributed by atoms with Gasteiger partial charge in [0.15, 0.2) is 5.13 Å². The number of fused-ring (bicyclic) bond motifs is 1. The Kier molecular flexibility index (Phi) is 6.38. The SMILES string of the molecule is Cn1c(=O)c2c(CC(=O)Nc3nc(-c4ccc(Cl)c(OC(F)(F)F)c4)cs3)cncc2n(C)c1=O. The quantitative estimate of drug-likeness (QED) is 0.427. The first-order valence-corrected chi connectivity index (χ1v) is 11.0. The van der Waals surface area contributed by atoms with Gasteiger partial charge >= 0.3 is 12.1 Å². The fraction of sp³-hybridized carbons (Fsp3) is 0.190. The normalized spacial score (nSPS) is 11.6. The summed E-state index contributed by atoms with van der Waals surface area (Å²) in [5.74, 6) is -1.08. The fourth-order valence-corrected chi connectivity index (χ4v) is 4.27. The molecule has 0 aliphatic rings. The molecule has 35 heavy (non-hydrogen) atoms. The molecule has 0 bridgehead atoms. The third-order valence-electron chi connectivity index (χ3n) is 5.01. The first-order valence-electron chi connectivity index (χ1n) is 9.78. The Bertz CT molecular complexity index is 1580. The number of hydrogen-bond acceptors (Lipinski definition) is 7. The van der Waals surface area contributed by atoms with Crippen LogP contribution in [0.25, 0.3) is 22.2 Å². The summed E-state index contributed by atoms with van der Waals surface area (Å²) in [6.45, 7) is 0. The summed E-state index contributed by atoms with van der Waals surface area (Å²) in [5, 5.41) is 4.30. The van der Waals surface area contributed by atoms with Crippen molar-refractivity contribution in [3.63, 3.8) is 0 Å². The van der Waals surface area contributed by atoms with Crippen LogP contribution >= 0.6 is 22.9 Å². The molecule has 0 radical (unpaired) electrons. The summed E-state index contributed by atoms with van der Waals surface area (Å²) in [5.41, 5.74) is 0.133. The first-order chi connectivity index (χ1) is 16.4. The lowest BCUT2D eigenvalue weighted by Gasteiger charge is -2.11. The summed E-state index contributed by atoms with van der Waals surface area (Å²) in [4.78, 5) is 45.7. The molecule has 0 atom stereocenters. The van der Waals surface area contributed by atoms with Gasteiger partial charge in [-0.05, 0) is 17.7 Å². The van der Waals surface area contributed by atoms with Gasteiger partial charge in [0.1, 0.15) is 5.75 Å². The van der Waals surface area contributed by atoms with Gasteiger partial charge in [-0.3, -0.25) is 23.7 Å². The van der Waals surface area contributed by atoms with Gasteiger partial charge in [-0.25, -0.2) is 9.78 Å². The number of pyridine rings is 1. The van der Waals surface area contributed by atoms with Gasteiger partial charge in [-0.2, -0.15) is 0 Å². The number of amides is 1. The zero-order chi connectivity index (χ0) is 25.5. The molecule has 0 saturated heterocycles. The molecular weight excluding hydrogens is 511 g/mol. The van der Waals surface area contributed by atoms with Gasteiger partial charge in [0.2, 0.25) is 5.91 Å². The number of rotatable bonds is 5. The zero-order valence-electron chi connectivity index (χ0n) is 18.0. The zero-order valence-corrected chi connectivity index (χ0v) is 19.6. The highest BCUT2D eigenvalue weighted by atomic mass is 35.5. The van der Waals surface area contributed by atoms with Gasteiger partial charge < -0.3 is 10.1 Å². The molecular formula is C21H15ClF3N5O4S. The smallest absolute Gasteiger partial charge is 0.404 e. The van der Waals surface area contributed by atoms with Crippen LogP contribution in [0.3, 0.4) is 0 Å². The largest absolute Gasteiger partial charge is 0.573 e. The van der Waals surface area contributed by atoms with Crippen molar-refractivity contribution in [1.82, 2.24) is 19.1 Å². The molecule has 0 spiro atoms. The van der Waals surface area contributed by atoms with Gasteiger partial charge in [0, 0.05) is 31.2 Å². The van der Waals surface area contributed by atoms with Crippen molar-refractivity contribution in [3.8, 4) is 17.0 Å². The molecule has 1 amide bonds. The Hall–Kier alpha value is -3.71. The standard InChI is InChI=1S/C21H15ClF3N5O4S/c1-29-14-8-26-7-11(17(14)18(32)30(2)20(29)33)6-16(31)28-19-27-13(9-35-19)10-3-4-12(22)15(5-10)34-21(23,24)25/h3-5,7-9H,6H2,1-2H3,(H,27,28,31). The predicted octanol–water partition coefficient (Wildman–Crippen LogP) is 3.49. The van der Waals surface area contributed by atoms with E-state index in [9.17, 15) is 27.6 Å². The average Bonchev–Trinajstić information content (AvgIpc) is 3.25. The summed E-state index contributed by atoms with van der Waals surface area (Å²) in [6.07, 6.45) is -2.39. The van der Waals surface area contributed by atoms with Crippen LogP contribution in [0.2, 0.25) is 5.02 Å². The summed E-state index contributed by atoms with van der Waals surface area (Å²) in [7, 11) is 2.84. The second-order valence-electron chi connectivity index (χ2n) is 7.35. The minimum Gasteiger partial charge on any atom is -0.404 e. The molecule has 1 aromatic carbocycles. The Balaban J connectivity index is 1.56. The molecule has 3 aromatic heterocycles. The highest BCUT2D eigenvalue weighted by Crippen LogP contribution is 2.35. The van der Waals surface area contributed by atoms with E-state index in [0.717, 1.165) is 22.0 Å². The third kappa shape index (κ3) is 5.05. The van der Waals surface area contributed by atoms with Crippen LogP contribution in [0.4, 0.5) is 18.3 Å². The second-order valence-corrected chi connectivity index (χ2v) is 8.62. The molecule has 14 heteroatoms. The second kappa shape index (κ2) is 9.15. The number of aromatic nitrogens is 4. The lowest BCUT2D eigenvalue weighted by Crippen LogP contribution is -2.37. The number of anilines is 1. The fourth-order valence-electron chi connectivity index (χ4n) is 3.38. The maximum atomic E-state index is 12.7. The Labute approximate surface area is 203 Å². The van der Waals surface area contributed by atoms with Crippen LogP contribution in [0.1, 0.15) is 5.56 Å². The van der Waals surface area contributed by atoms with Crippen molar-refractivity contribution in [2.75, 3.05) is 5.32 Å². The molecule has 3 heterocycles. The van der Waals surface area contributed by atoms with Crippen LogP contribution in [-0.4, -0.2) is 31.4 Å². The maximum absolute atomic E-state index is 12.7. The summed E-state index contributed by atoms with van der Waals surface area (Å²) >= 11 is 6.83. The molecule has 9 nitrogen and oxygen atoms in total. The average molecular weight is 526 g/mol. The third-order valence-corrected chi connectivity index (χ3v) is 6.08. The lowest BCUT2D eigenvalue weighted by atomic mass is 10.1. The van der Waals surface area contributed by atoms with Crippen molar-refractivity contribution in [2.24, 2.45) is 14.1 Å². The topological polar surface area (TPSA) is 108 Å². The van der Waals surface area contributed by atoms with E-state index < -0.39 is 29.3 Å². The van der Waals surface area contributed by atoms with Gasteiger partial charge in [-0.15, -0.1) is 24.5 Å². The molecule has 4 rings (SSSR count). The van der Waals surface area contributed by atoms with Crippen molar-refractivity contribution >= 4 is 44.9 Å². The van der Waals surface area contributed by atoms with E-state index >= 15 is 0 Å². The molecule has 182 valence electrons. The van der Waals surface area contributed by atoms with Gasteiger partial charge in [0.25, 0.3) is 5.56 Å². The summed E-state index contributed by atoms with van der Waals surface area (Å²) in [6, 6.07) is 3.81. The molecule has 0 saturated carbocycles. The van der Waals surface area contributed by atoms with Crippen molar-refractivity contribution in [3.05, 3.63) is 67.4 Å². The number of hydrogen-bond donors (Lipinski definition) is 1. The highest BCUT2D eigenvalue weighted by Gasteiger charge is 2.32. The predicted molar refractivity (Wildman–Crippen MR) is 124 cm³/mol. The Morgan fingerprint density at radius 3 is 2.66 bits per heavy atom. The van der Waals surface area contributed by atoms with E-state index in [4.69, 9.17) is 11.6 Å².